The van der Waals surface area contributed by atoms with E-state index >= 15 is 0 Å². The van der Waals surface area contributed by atoms with Crippen molar-refractivity contribution in [2.24, 2.45) is 0 Å². The lowest BCUT2D eigenvalue weighted by Crippen LogP contribution is -2.15. The average Bonchev–Trinajstić information content (AvgIpc) is 2.85. The molecule has 34 heavy (non-hydrogen) atoms. The number of unbranched alkanes of at least 4 members (excludes halogenated alkanes) is 9. The van der Waals surface area contributed by atoms with Crippen molar-refractivity contribution < 1.29 is 31.5 Å². The molecule has 198 valence electrons. The third-order valence-corrected chi connectivity index (χ3v) is 6.58. The molecule has 0 atom stereocenters. The summed E-state index contributed by atoms with van der Waals surface area (Å²) in [5.41, 5.74) is 0. The zero-order valence-electron chi connectivity index (χ0n) is 21.1. The molecule has 0 saturated carbocycles. The summed E-state index contributed by atoms with van der Waals surface area (Å²) in [4.78, 5) is 0.141. The van der Waals surface area contributed by atoms with E-state index in [1.807, 2.05) is 0 Å². The first-order valence-corrected chi connectivity index (χ1v) is 14.3. The van der Waals surface area contributed by atoms with Crippen molar-refractivity contribution in [2.75, 3.05) is 59.5 Å². The molecule has 0 aliphatic rings. The molecule has 1 aromatic rings. The average molecular weight is 503 g/mol. The lowest BCUT2D eigenvalue weighted by molar-refractivity contribution is -0.00468. The maximum atomic E-state index is 11.9. The molecule has 0 heterocycles. The molecule has 0 spiro atoms. The van der Waals surface area contributed by atoms with Gasteiger partial charge in [0.05, 0.1) is 57.8 Å². The molecule has 8 heteroatoms. The highest BCUT2D eigenvalue weighted by Crippen LogP contribution is 2.11. The van der Waals surface area contributed by atoms with Crippen molar-refractivity contribution in [3.05, 3.63) is 30.3 Å². The van der Waals surface area contributed by atoms with Gasteiger partial charge >= 0.3 is 0 Å². The molecule has 1 aromatic carbocycles. The van der Waals surface area contributed by atoms with Crippen LogP contribution < -0.4 is 0 Å². The molecule has 0 aromatic heterocycles. The summed E-state index contributed by atoms with van der Waals surface area (Å²) < 4.78 is 50.6. The second-order valence-electron chi connectivity index (χ2n) is 8.22. The number of hydrogen-bond acceptors (Lipinski definition) is 7. The van der Waals surface area contributed by atoms with Gasteiger partial charge in [-0.05, 0) is 18.6 Å². The molecule has 0 amide bonds. The lowest BCUT2D eigenvalue weighted by atomic mass is 10.1. The highest BCUT2D eigenvalue weighted by molar-refractivity contribution is 7.86. The maximum absolute atomic E-state index is 11.9. The van der Waals surface area contributed by atoms with Crippen LogP contribution in [0.5, 0.6) is 0 Å². The smallest absolute Gasteiger partial charge is 0.297 e. The van der Waals surface area contributed by atoms with E-state index in [-0.39, 0.29) is 18.1 Å². The molecule has 0 N–H and O–H groups in total. The van der Waals surface area contributed by atoms with E-state index in [4.69, 9.17) is 23.1 Å². The fourth-order valence-corrected chi connectivity index (χ4v) is 4.23. The van der Waals surface area contributed by atoms with Gasteiger partial charge in [0.2, 0.25) is 0 Å². The molecule has 0 fully saturated rings. The zero-order chi connectivity index (χ0) is 24.6. The summed E-state index contributed by atoms with van der Waals surface area (Å²) in [6, 6.07) is 8.05. The summed E-state index contributed by atoms with van der Waals surface area (Å²) in [5, 5.41) is 0. The van der Waals surface area contributed by atoms with Crippen LogP contribution in [0.3, 0.4) is 0 Å². The molecule has 0 saturated heterocycles. The minimum Gasteiger partial charge on any atom is -0.379 e. The summed E-state index contributed by atoms with van der Waals surface area (Å²) in [7, 11) is -3.72. The lowest BCUT2D eigenvalue weighted by Gasteiger charge is -2.08. The van der Waals surface area contributed by atoms with Gasteiger partial charge < -0.3 is 18.9 Å². The number of hydrogen-bond donors (Lipinski definition) is 0. The van der Waals surface area contributed by atoms with Gasteiger partial charge in [0, 0.05) is 6.61 Å². The Kier molecular flexibility index (Phi) is 20.5. The van der Waals surface area contributed by atoms with Crippen LogP contribution in [0.1, 0.15) is 71.1 Å². The van der Waals surface area contributed by atoms with E-state index in [1.165, 1.54) is 69.9 Å². The minimum atomic E-state index is -3.72. The second kappa shape index (κ2) is 22.4. The van der Waals surface area contributed by atoms with Crippen LogP contribution in [-0.2, 0) is 33.2 Å². The van der Waals surface area contributed by atoms with E-state index in [0.29, 0.717) is 39.6 Å². The van der Waals surface area contributed by atoms with Gasteiger partial charge in [-0.2, -0.15) is 8.42 Å². The largest absolute Gasteiger partial charge is 0.379 e. The Hall–Kier alpha value is -1.03. The van der Waals surface area contributed by atoms with Crippen molar-refractivity contribution in [2.45, 2.75) is 76.0 Å². The van der Waals surface area contributed by atoms with Crippen LogP contribution in [0.15, 0.2) is 35.2 Å². The SMILES string of the molecule is CCCCCCCCCCCCOCCOCCOCCOCCOS(=O)(=O)c1ccccc1. The molecule has 0 bridgehead atoms. The van der Waals surface area contributed by atoms with E-state index in [9.17, 15) is 8.42 Å². The Morgan fingerprint density at radius 2 is 0.941 bits per heavy atom. The molecule has 0 aliphatic carbocycles. The minimum absolute atomic E-state index is 0.0283. The summed E-state index contributed by atoms with van der Waals surface area (Å²) in [6.45, 7) is 6.21. The first kappa shape index (κ1) is 31.0. The Morgan fingerprint density at radius 3 is 1.44 bits per heavy atom. The Bertz CT molecular complexity index is 652. The first-order valence-electron chi connectivity index (χ1n) is 12.9. The molecule has 1 rings (SSSR count). The number of rotatable bonds is 25. The Labute approximate surface area is 207 Å². The van der Waals surface area contributed by atoms with Crippen molar-refractivity contribution in [3.63, 3.8) is 0 Å². The molecule has 7 nitrogen and oxygen atoms in total. The van der Waals surface area contributed by atoms with Gasteiger partial charge in [0.25, 0.3) is 10.1 Å². The van der Waals surface area contributed by atoms with Crippen LogP contribution in [0, 0.1) is 0 Å². The Morgan fingerprint density at radius 1 is 0.529 bits per heavy atom. The van der Waals surface area contributed by atoms with Gasteiger partial charge in [-0.15, -0.1) is 0 Å². The molecule has 0 radical (unpaired) electrons. The van der Waals surface area contributed by atoms with Gasteiger partial charge in [0.1, 0.15) is 0 Å². The van der Waals surface area contributed by atoms with Crippen LogP contribution >= 0.6 is 0 Å². The van der Waals surface area contributed by atoms with Gasteiger partial charge in [-0.3, -0.25) is 4.18 Å². The van der Waals surface area contributed by atoms with E-state index in [2.05, 4.69) is 6.92 Å². The number of ether oxygens (including phenoxy) is 4. The van der Waals surface area contributed by atoms with Crippen molar-refractivity contribution in [1.82, 2.24) is 0 Å². The fourth-order valence-electron chi connectivity index (χ4n) is 3.31. The predicted molar refractivity (Wildman–Crippen MR) is 135 cm³/mol. The van der Waals surface area contributed by atoms with Crippen LogP contribution in [0.25, 0.3) is 0 Å². The van der Waals surface area contributed by atoms with E-state index < -0.39 is 10.1 Å². The molecular weight excluding hydrogens is 456 g/mol. The molecule has 0 aliphatic heterocycles. The third kappa shape index (κ3) is 18.3. The first-order chi connectivity index (χ1) is 16.7. The van der Waals surface area contributed by atoms with Crippen LogP contribution in [-0.4, -0.2) is 67.9 Å². The standard InChI is InChI=1S/C26H46O7S/c1-2-3-4-5-6-7-8-9-10-14-17-29-18-19-30-20-21-31-22-23-32-24-25-33-34(27,28)26-15-12-11-13-16-26/h11-13,15-16H,2-10,14,17-25H2,1H3. The normalized spacial score (nSPS) is 11.8. The summed E-state index contributed by atoms with van der Waals surface area (Å²) in [6.07, 6.45) is 13.3. The Balaban J connectivity index is 1.74. The zero-order valence-corrected chi connectivity index (χ0v) is 21.9. The van der Waals surface area contributed by atoms with Gasteiger partial charge in [-0.25, -0.2) is 0 Å². The fraction of sp³-hybridized carbons (Fsp3) is 0.769. The van der Waals surface area contributed by atoms with Crippen molar-refractivity contribution in [1.29, 1.82) is 0 Å². The molecular formula is C26H46O7S. The van der Waals surface area contributed by atoms with Crippen molar-refractivity contribution in [3.8, 4) is 0 Å². The van der Waals surface area contributed by atoms with E-state index in [0.717, 1.165) is 13.0 Å². The maximum Gasteiger partial charge on any atom is 0.297 e. The monoisotopic (exact) mass is 502 g/mol. The molecule has 0 unspecified atom stereocenters. The second-order valence-corrected chi connectivity index (χ2v) is 9.84. The quantitative estimate of drug-likeness (QED) is 0.131. The number of benzene rings is 1. The van der Waals surface area contributed by atoms with Crippen LogP contribution in [0.2, 0.25) is 0 Å². The predicted octanol–water partition coefficient (Wildman–Crippen LogP) is 5.38. The third-order valence-electron chi connectivity index (χ3n) is 5.26. The summed E-state index contributed by atoms with van der Waals surface area (Å²) in [5.74, 6) is 0. The topological polar surface area (TPSA) is 80.3 Å². The highest BCUT2D eigenvalue weighted by atomic mass is 32.2. The summed E-state index contributed by atoms with van der Waals surface area (Å²) >= 11 is 0. The van der Waals surface area contributed by atoms with Crippen molar-refractivity contribution >= 4 is 10.1 Å². The van der Waals surface area contributed by atoms with Gasteiger partial charge in [-0.1, -0.05) is 82.9 Å². The van der Waals surface area contributed by atoms with Crippen LogP contribution in [0.4, 0.5) is 0 Å². The van der Waals surface area contributed by atoms with Gasteiger partial charge in [0.15, 0.2) is 0 Å². The highest BCUT2D eigenvalue weighted by Gasteiger charge is 2.13. The van der Waals surface area contributed by atoms with E-state index in [1.54, 1.807) is 18.2 Å².